The van der Waals surface area contributed by atoms with E-state index >= 15 is 0 Å². The average Bonchev–Trinajstić information content (AvgIpc) is 3.79. The third kappa shape index (κ3) is 5.46. The van der Waals surface area contributed by atoms with E-state index in [1.54, 1.807) is 18.2 Å². The quantitative estimate of drug-likeness (QED) is 0.309. The lowest BCUT2D eigenvalue weighted by molar-refractivity contribution is -0.127. The lowest BCUT2D eigenvalue weighted by atomic mass is 10.1. The highest BCUT2D eigenvalue weighted by Crippen LogP contribution is 2.34. The maximum Gasteiger partial charge on any atom is 0.271 e. The van der Waals surface area contributed by atoms with E-state index in [0.717, 1.165) is 29.7 Å². The zero-order valence-electron chi connectivity index (χ0n) is 22.2. The normalized spacial score (nSPS) is 16.6. The fourth-order valence-corrected chi connectivity index (χ4v) is 5.12. The Bertz CT molecular complexity index is 1490. The van der Waals surface area contributed by atoms with Gasteiger partial charge in [0.05, 0.1) is 6.10 Å². The Labute approximate surface area is 232 Å². The molecule has 1 saturated heterocycles. The minimum Gasteiger partial charge on any atom is -0.464 e. The third-order valence-corrected chi connectivity index (χ3v) is 7.17. The first kappa shape index (κ1) is 25.8. The highest BCUT2D eigenvalue weighted by atomic mass is 16.7. The summed E-state index contributed by atoms with van der Waals surface area (Å²) in [5.41, 5.74) is 2.91. The number of aryl methyl sites for hydroxylation is 1. The fraction of sp³-hybridized carbons (Fsp3) is 0.290. The summed E-state index contributed by atoms with van der Waals surface area (Å²) in [4.78, 5) is 32.8. The minimum absolute atomic E-state index is 0.0437. The molecule has 2 N–H and O–H groups in total. The van der Waals surface area contributed by atoms with Gasteiger partial charge in [0, 0.05) is 25.4 Å². The van der Waals surface area contributed by atoms with E-state index in [0.29, 0.717) is 41.9 Å². The molecule has 40 heavy (non-hydrogen) atoms. The Morgan fingerprint density at radius 1 is 1.02 bits per heavy atom. The van der Waals surface area contributed by atoms with Crippen molar-refractivity contribution in [2.24, 2.45) is 0 Å². The Hall–Kier alpha value is -4.50. The van der Waals surface area contributed by atoms with Crippen LogP contribution in [0.5, 0.6) is 11.5 Å². The largest absolute Gasteiger partial charge is 0.464 e. The van der Waals surface area contributed by atoms with E-state index in [1.165, 1.54) is 4.90 Å². The standard InChI is InChI=1S/C31H31N3O6/c1-20-9-13-27(40-20)29(30(35)32-17-23-8-5-15-37-23)34(18-21-10-14-26-28(16-21)39-19-38-26)31(36)25-12-11-24(33-25)22-6-3-2-4-7-22/h2-4,6-7,9-14,16,23,29,33H,5,8,15,17-19H2,1H3,(H,32,35)/t23-,29-/m0/s1. The van der Waals surface area contributed by atoms with Gasteiger partial charge in [0.15, 0.2) is 17.5 Å². The zero-order chi connectivity index (χ0) is 27.5. The summed E-state index contributed by atoms with van der Waals surface area (Å²) < 4.78 is 22.7. The topological polar surface area (TPSA) is 106 Å². The molecule has 0 unspecified atom stereocenters. The van der Waals surface area contributed by atoms with Gasteiger partial charge in [-0.15, -0.1) is 0 Å². The van der Waals surface area contributed by atoms with Crippen LogP contribution in [0.3, 0.4) is 0 Å². The van der Waals surface area contributed by atoms with Gasteiger partial charge in [0.1, 0.15) is 17.2 Å². The first-order chi connectivity index (χ1) is 19.5. The summed E-state index contributed by atoms with van der Waals surface area (Å²) in [6, 6.07) is 21.4. The maximum absolute atomic E-state index is 14.2. The molecule has 9 nitrogen and oxygen atoms in total. The van der Waals surface area contributed by atoms with Gasteiger partial charge in [-0.25, -0.2) is 0 Å². The molecule has 0 bridgehead atoms. The molecular formula is C31H31N3O6. The average molecular weight is 542 g/mol. The number of aromatic amines is 1. The van der Waals surface area contributed by atoms with Gasteiger partial charge in [-0.1, -0.05) is 36.4 Å². The van der Waals surface area contributed by atoms with Gasteiger partial charge in [-0.2, -0.15) is 0 Å². The summed E-state index contributed by atoms with van der Waals surface area (Å²) in [7, 11) is 0. The molecule has 1 fully saturated rings. The van der Waals surface area contributed by atoms with Crippen molar-refractivity contribution in [2.45, 2.75) is 38.5 Å². The molecule has 2 aliphatic heterocycles. The highest BCUT2D eigenvalue weighted by molar-refractivity contribution is 5.97. The number of benzene rings is 2. The molecule has 0 radical (unpaired) electrons. The maximum atomic E-state index is 14.2. The summed E-state index contributed by atoms with van der Waals surface area (Å²) >= 11 is 0. The van der Waals surface area contributed by atoms with Gasteiger partial charge in [0.2, 0.25) is 6.79 Å². The number of hydrogen-bond donors (Lipinski definition) is 2. The molecule has 0 spiro atoms. The van der Waals surface area contributed by atoms with Crippen LogP contribution in [0.15, 0.2) is 77.2 Å². The monoisotopic (exact) mass is 541 g/mol. The second-order valence-electron chi connectivity index (χ2n) is 10.0. The number of furan rings is 1. The zero-order valence-corrected chi connectivity index (χ0v) is 22.2. The summed E-state index contributed by atoms with van der Waals surface area (Å²) in [5.74, 6) is 1.59. The second-order valence-corrected chi connectivity index (χ2v) is 10.0. The number of amides is 2. The minimum atomic E-state index is -1.02. The number of hydrogen-bond acceptors (Lipinski definition) is 6. The Morgan fingerprint density at radius 2 is 1.88 bits per heavy atom. The van der Waals surface area contributed by atoms with Crippen molar-refractivity contribution >= 4 is 11.8 Å². The summed E-state index contributed by atoms with van der Waals surface area (Å²) in [6.45, 7) is 3.14. The first-order valence-corrected chi connectivity index (χ1v) is 13.4. The molecule has 9 heteroatoms. The fourth-order valence-electron chi connectivity index (χ4n) is 5.12. The van der Waals surface area contributed by atoms with Gasteiger partial charge in [-0.3, -0.25) is 9.59 Å². The van der Waals surface area contributed by atoms with Crippen LogP contribution in [0.1, 0.15) is 46.5 Å². The van der Waals surface area contributed by atoms with Crippen molar-refractivity contribution < 1.29 is 28.2 Å². The molecule has 0 aliphatic carbocycles. The molecule has 4 aromatic rings. The number of aromatic nitrogens is 1. The second kappa shape index (κ2) is 11.3. The Morgan fingerprint density at radius 3 is 2.65 bits per heavy atom. The lowest BCUT2D eigenvalue weighted by Crippen LogP contribution is -2.45. The molecule has 2 atom stereocenters. The van der Waals surface area contributed by atoms with Crippen LogP contribution in [-0.2, 0) is 16.1 Å². The number of nitrogens with zero attached hydrogens (tertiary/aromatic N) is 1. The van der Waals surface area contributed by atoms with E-state index < -0.39 is 6.04 Å². The van der Waals surface area contributed by atoms with E-state index in [2.05, 4.69) is 10.3 Å². The van der Waals surface area contributed by atoms with Gasteiger partial charge in [-0.05, 0) is 67.3 Å². The first-order valence-electron chi connectivity index (χ1n) is 13.4. The van der Waals surface area contributed by atoms with Crippen molar-refractivity contribution in [1.29, 1.82) is 0 Å². The molecular weight excluding hydrogens is 510 g/mol. The SMILES string of the molecule is Cc1ccc([C@@H](C(=O)NC[C@@H]2CCCO2)N(Cc2ccc3c(c2)OCO3)C(=O)c2ccc(-c3ccccc3)[nH]2)o1. The third-order valence-electron chi connectivity index (χ3n) is 7.17. The number of ether oxygens (including phenoxy) is 3. The van der Waals surface area contributed by atoms with Crippen molar-refractivity contribution in [1.82, 2.24) is 15.2 Å². The number of H-pyrrole nitrogens is 1. The van der Waals surface area contributed by atoms with E-state index in [1.807, 2.05) is 61.5 Å². The Balaban J connectivity index is 1.35. The van der Waals surface area contributed by atoms with Crippen LogP contribution in [-0.4, -0.2) is 47.7 Å². The van der Waals surface area contributed by atoms with Crippen LogP contribution in [0.25, 0.3) is 11.3 Å². The molecule has 0 saturated carbocycles. The molecule has 6 rings (SSSR count). The molecule has 2 amide bonds. The van der Waals surface area contributed by atoms with E-state index in [-0.39, 0.29) is 31.3 Å². The van der Waals surface area contributed by atoms with Crippen LogP contribution >= 0.6 is 0 Å². The molecule has 206 valence electrons. The van der Waals surface area contributed by atoms with Gasteiger partial charge < -0.3 is 33.8 Å². The molecule has 2 aliphatic rings. The van der Waals surface area contributed by atoms with Crippen LogP contribution < -0.4 is 14.8 Å². The number of rotatable bonds is 9. The predicted octanol–water partition coefficient (Wildman–Crippen LogP) is 4.99. The predicted molar refractivity (Wildman–Crippen MR) is 147 cm³/mol. The smallest absolute Gasteiger partial charge is 0.271 e. The van der Waals surface area contributed by atoms with E-state index in [9.17, 15) is 9.59 Å². The lowest BCUT2D eigenvalue weighted by Gasteiger charge is -2.30. The summed E-state index contributed by atoms with van der Waals surface area (Å²) in [5, 5.41) is 3.01. The van der Waals surface area contributed by atoms with Crippen LogP contribution in [0.4, 0.5) is 0 Å². The number of nitrogens with one attached hydrogen (secondary N) is 2. The Kier molecular flexibility index (Phi) is 7.29. The number of carbonyl (C=O) groups excluding carboxylic acids is 2. The summed E-state index contributed by atoms with van der Waals surface area (Å²) in [6.07, 6.45) is 1.81. The van der Waals surface area contributed by atoms with Crippen molar-refractivity contribution in [3.8, 4) is 22.8 Å². The van der Waals surface area contributed by atoms with Crippen molar-refractivity contribution in [3.05, 3.63) is 95.6 Å². The van der Waals surface area contributed by atoms with Gasteiger partial charge >= 0.3 is 0 Å². The number of fused-ring (bicyclic) bond motifs is 1. The molecule has 4 heterocycles. The molecule has 2 aromatic heterocycles. The van der Waals surface area contributed by atoms with Gasteiger partial charge in [0.25, 0.3) is 11.8 Å². The van der Waals surface area contributed by atoms with E-state index in [4.69, 9.17) is 18.6 Å². The van der Waals surface area contributed by atoms with Crippen LogP contribution in [0, 0.1) is 6.92 Å². The highest BCUT2D eigenvalue weighted by Gasteiger charge is 2.36. The van der Waals surface area contributed by atoms with Crippen molar-refractivity contribution in [3.63, 3.8) is 0 Å². The number of carbonyl (C=O) groups is 2. The molecule has 2 aromatic carbocycles. The van der Waals surface area contributed by atoms with Crippen molar-refractivity contribution in [2.75, 3.05) is 19.9 Å². The van der Waals surface area contributed by atoms with Crippen LogP contribution in [0.2, 0.25) is 0 Å².